The fraction of sp³-hybridized carbons (Fsp3) is 0.611. The maximum atomic E-state index is 5.57. The van der Waals surface area contributed by atoms with Crippen molar-refractivity contribution in [2.24, 2.45) is 0 Å². The molecule has 0 saturated carbocycles. The van der Waals surface area contributed by atoms with Crippen LogP contribution in [0, 0.1) is 6.92 Å². The molecule has 0 aliphatic carbocycles. The second-order valence-electron chi connectivity index (χ2n) is 6.44. The average Bonchev–Trinajstić information content (AvgIpc) is 2.55. The Morgan fingerprint density at radius 2 is 1.91 bits per heavy atom. The zero-order valence-corrected chi connectivity index (χ0v) is 15.1. The molecule has 0 spiro atoms. The molecule has 0 aromatic heterocycles. The summed E-state index contributed by atoms with van der Waals surface area (Å²) in [6.45, 7) is 8.76. The summed E-state index contributed by atoms with van der Waals surface area (Å²) in [4.78, 5) is 4.84. The van der Waals surface area contributed by atoms with Gasteiger partial charge in [-0.1, -0.05) is 24.6 Å². The molecule has 0 bridgehead atoms. The Kier molecular flexibility index (Phi) is 6.21. The number of benzene rings is 1. The molecule has 1 atom stereocenters. The number of likely N-dealkylation sites (tertiary alicyclic amines) is 1. The lowest BCUT2D eigenvalue weighted by Gasteiger charge is -2.40. The quantitative estimate of drug-likeness (QED) is 0.848. The molecule has 1 aromatic carbocycles. The lowest BCUT2D eigenvalue weighted by Crippen LogP contribution is -2.48. The lowest BCUT2D eigenvalue weighted by atomic mass is 10.0. The van der Waals surface area contributed by atoms with Crippen LogP contribution in [0.1, 0.15) is 38.7 Å². The van der Waals surface area contributed by atoms with E-state index in [4.69, 9.17) is 12.2 Å². The first-order valence-corrected chi connectivity index (χ1v) is 8.76. The Balaban J connectivity index is 1.83. The summed E-state index contributed by atoms with van der Waals surface area (Å²) >= 11 is 5.57. The van der Waals surface area contributed by atoms with Crippen LogP contribution in [-0.4, -0.2) is 47.1 Å². The van der Waals surface area contributed by atoms with Gasteiger partial charge in [-0.3, -0.25) is 0 Å². The minimum absolute atomic E-state index is 0.661. The summed E-state index contributed by atoms with van der Waals surface area (Å²) < 4.78 is 0. The van der Waals surface area contributed by atoms with Gasteiger partial charge in [0, 0.05) is 30.9 Å². The van der Waals surface area contributed by atoms with Crippen molar-refractivity contribution in [1.82, 2.24) is 9.80 Å². The van der Waals surface area contributed by atoms with E-state index in [1.165, 1.54) is 24.8 Å². The topological polar surface area (TPSA) is 18.5 Å². The van der Waals surface area contributed by atoms with Crippen LogP contribution < -0.4 is 5.32 Å². The summed E-state index contributed by atoms with van der Waals surface area (Å²) in [5.74, 6) is 0. The van der Waals surface area contributed by atoms with Crippen LogP contribution in [0.5, 0.6) is 0 Å². The Bertz CT molecular complexity index is 478. The molecule has 0 amide bonds. The third-order valence-electron chi connectivity index (χ3n) is 4.92. The molecule has 1 aromatic rings. The van der Waals surface area contributed by atoms with E-state index in [1.807, 2.05) is 0 Å². The van der Waals surface area contributed by atoms with E-state index in [9.17, 15) is 0 Å². The molecular formula is C18H29N3S. The van der Waals surface area contributed by atoms with Gasteiger partial charge in [-0.25, -0.2) is 0 Å². The molecule has 22 heavy (non-hydrogen) atoms. The fourth-order valence-electron chi connectivity index (χ4n) is 2.96. The van der Waals surface area contributed by atoms with Crippen LogP contribution in [-0.2, 0) is 0 Å². The van der Waals surface area contributed by atoms with E-state index in [0.29, 0.717) is 12.1 Å². The molecule has 122 valence electrons. The van der Waals surface area contributed by atoms with Crippen LogP contribution in [0.3, 0.4) is 0 Å². The molecule has 1 fully saturated rings. The van der Waals surface area contributed by atoms with Crippen LogP contribution >= 0.6 is 12.2 Å². The van der Waals surface area contributed by atoms with Crippen LogP contribution in [0.15, 0.2) is 24.3 Å². The van der Waals surface area contributed by atoms with Crippen molar-refractivity contribution in [3.8, 4) is 0 Å². The molecule has 3 nitrogen and oxygen atoms in total. The van der Waals surface area contributed by atoms with E-state index in [0.717, 1.165) is 23.9 Å². The lowest BCUT2D eigenvalue weighted by molar-refractivity contribution is 0.126. The van der Waals surface area contributed by atoms with E-state index in [1.54, 1.807) is 0 Å². The zero-order chi connectivity index (χ0) is 16.1. The Morgan fingerprint density at radius 3 is 2.45 bits per heavy atom. The first kappa shape index (κ1) is 17.2. The van der Waals surface area contributed by atoms with Gasteiger partial charge in [-0.2, -0.15) is 0 Å². The molecular weight excluding hydrogens is 290 g/mol. The van der Waals surface area contributed by atoms with Gasteiger partial charge in [0.05, 0.1) is 0 Å². The summed E-state index contributed by atoms with van der Waals surface area (Å²) in [7, 11) is 2.26. The molecule has 1 saturated heterocycles. The normalized spacial score (nSPS) is 17.6. The van der Waals surface area contributed by atoms with Crippen molar-refractivity contribution in [1.29, 1.82) is 0 Å². The van der Waals surface area contributed by atoms with Crippen molar-refractivity contribution in [3.05, 3.63) is 29.8 Å². The fourth-order valence-corrected chi connectivity index (χ4v) is 3.26. The van der Waals surface area contributed by atoms with Crippen LogP contribution in [0.2, 0.25) is 0 Å². The highest BCUT2D eigenvalue weighted by Crippen LogP contribution is 2.19. The molecule has 1 N–H and O–H groups in total. The third kappa shape index (κ3) is 4.43. The summed E-state index contributed by atoms with van der Waals surface area (Å²) in [6.07, 6.45) is 3.59. The van der Waals surface area contributed by atoms with Gasteiger partial charge in [0.2, 0.25) is 0 Å². The smallest absolute Gasteiger partial charge is 0.173 e. The van der Waals surface area contributed by atoms with Crippen molar-refractivity contribution in [2.45, 2.75) is 52.1 Å². The van der Waals surface area contributed by atoms with Gasteiger partial charge in [0.1, 0.15) is 0 Å². The Labute approximate surface area is 140 Å². The molecule has 0 radical (unpaired) electrons. The number of anilines is 1. The van der Waals surface area contributed by atoms with Gasteiger partial charge >= 0.3 is 0 Å². The van der Waals surface area contributed by atoms with E-state index in [-0.39, 0.29) is 0 Å². The zero-order valence-electron chi connectivity index (χ0n) is 14.3. The number of thiocarbonyl (C=S) groups is 1. The van der Waals surface area contributed by atoms with E-state index >= 15 is 0 Å². The number of hydrogen-bond donors (Lipinski definition) is 1. The highest BCUT2D eigenvalue weighted by atomic mass is 32.1. The molecule has 0 unspecified atom stereocenters. The standard InChI is InChI=1S/C18H29N3S/c1-5-15(3)20(4)17-10-12-21(13-11-17)18(22)19-16-8-6-14(2)7-9-16/h6-9,15,17H,5,10-13H2,1-4H3,(H,19,22)/t15-/m0/s1. The van der Waals surface area contributed by atoms with Gasteiger partial charge in [0.25, 0.3) is 0 Å². The van der Waals surface area contributed by atoms with Crippen molar-refractivity contribution in [2.75, 3.05) is 25.5 Å². The molecule has 1 aliphatic rings. The average molecular weight is 320 g/mol. The second-order valence-corrected chi connectivity index (χ2v) is 6.82. The summed E-state index contributed by atoms with van der Waals surface area (Å²) in [5, 5.41) is 4.22. The first-order valence-electron chi connectivity index (χ1n) is 8.35. The third-order valence-corrected chi connectivity index (χ3v) is 5.28. The maximum Gasteiger partial charge on any atom is 0.173 e. The number of hydrogen-bond acceptors (Lipinski definition) is 2. The number of aryl methyl sites for hydroxylation is 1. The SMILES string of the molecule is CC[C@H](C)N(C)C1CCN(C(=S)Nc2ccc(C)cc2)CC1. The van der Waals surface area contributed by atoms with E-state index < -0.39 is 0 Å². The first-order chi connectivity index (χ1) is 10.5. The molecule has 2 rings (SSSR count). The summed E-state index contributed by atoms with van der Waals surface area (Å²) in [5.41, 5.74) is 2.35. The molecule has 1 heterocycles. The highest BCUT2D eigenvalue weighted by Gasteiger charge is 2.25. The van der Waals surface area contributed by atoms with Crippen molar-refractivity contribution >= 4 is 23.0 Å². The second kappa shape index (κ2) is 7.93. The van der Waals surface area contributed by atoms with Crippen molar-refractivity contribution in [3.63, 3.8) is 0 Å². The number of nitrogens with zero attached hydrogens (tertiary/aromatic N) is 2. The number of nitrogens with one attached hydrogen (secondary N) is 1. The predicted octanol–water partition coefficient (Wildman–Crippen LogP) is 3.89. The molecule has 4 heteroatoms. The largest absolute Gasteiger partial charge is 0.349 e. The maximum absolute atomic E-state index is 5.57. The summed E-state index contributed by atoms with van der Waals surface area (Å²) in [6, 6.07) is 9.75. The van der Waals surface area contributed by atoms with Gasteiger partial charge < -0.3 is 15.1 Å². The van der Waals surface area contributed by atoms with Gasteiger partial charge in [0.15, 0.2) is 5.11 Å². The Morgan fingerprint density at radius 1 is 1.32 bits per heavy atom. The van der Waals surface area contributed by atoms with Crippen LogP contribution in [0.25, 0.3) is 0 Å². The molecule has 1 aliphatic heterocycles. The Hall–Kier alpha value is -1.13. The van der Waals surface area contributed by atoms with Crippen molar-refractivity contribution < 1.29 is 0 Å². The highest BCUT2D eigenvalue weighted by molar-refractivity contribution is 7.80. The van der Waals surface area contributed by atoms with Crippen LogP contribution in [0.4, 0.5) is 5.69 Å². The number of piperidine rings is 1. The monoisotopic (exact) mass is 319 g/mol. The van der Waals surface area contributed by atoms with Gasteiger partial charge in [-0.05, 0) is 64.5 Å². The minimum atomic E-state index is 0.661. The predicted molar refractivity (Wildman–Crippen MR) is 99.5 cm³/mol. The van der Waals surface area contributed by atoms with Gasteiger partial charge in [-0.15, -0.1) is 0 Å². The number of rotatable bonds is 4. The minimum Gasteiger partial charge on any atom is -0.349 e. The van der Waals surface area contributed by atoms with E-state index in [2.05, 4.69) is 67.2 Å².